The van der Waals surface area contributed by atoms with Crippen molar-refractivity contribution in [1.82, 2.24) is 9.80 Å². The Labute approximate surface area is 221 Å². The molecule has 4 aliphatic rings. The number of rotatable bonds is 5. The van der Waals surface area contributed by atoms with Crippen molar-refractivity contribution >= 4 is 46.8 Å². The molecule has 3 amide bonds. The summed E-state index contributed by atoms with van der Waals surface area (Å²) in [5, 5.41) is 10.7. The SMILES string of the molecule is CC(C)C[C@H](CO)N1C(=O)[C@@H]2[C@H]3C(=O)N(C)CC=C[C@H]3S[C@@]23C=CCN(c2ccccc2Cl)C(=O)C13. The van der Waals surface area contributed by atoms with E-state index in [2.05, 4.69) is 0 Å². The summed E-state index contributed by atoms with van der Waals surface area (Å²) < 4.78 is -0.915. The van der Waals surface area contributed by atoms with E-state index in [1.54, 1.807) is 45.6 Å². The van der Waals surface area contributed by atoms with Gasteiger partial charge in [0.25, 0.3) is 5.91 Å². The van der Waals surface area contributed by atoms with Gasteiger partial charge in [-0.25, -0.2) is 0 Å². The first-order valence-electron chi connectivity index (χ1n) is 12.5. The zero-order chi connectivity index (χ0) is 25.8. The van der Waals surface area contributed by atoms with Crippen LogP contribution in [0.5, 0.6) is 0 Å². The average Bonchev–Trinajstić information content (AvgIpc) is 3.17. The highest BCUT2D eigenvalue weighted by atomic mass is 35.5. The summed E-state index contributed by atoms with van der Waals surface area (Å²) in [6, 6.07) is 5.80. The molecule has 192 valence electrons. The van der Waals surface area contributed by atoms with Crippen LogP contribution >= 0.6 is 23.4 Å². The van der Waals surface area contributed by atoms with E-state index in [9.17, 15) is 19.5 Å². The second kappa shape index (κ2) is 9.54. The maximum atomic E-state index is 14.4. The van der Waals surface area contributed by atoms with Crippen molar-refractivity contribution in [2.24, 2.45) is 17.8 Å². The Hall–Kier alpha value is -2.29. The average molecular weight is 530 g/mol. The fourth-order valence-corrected chi connectivity index (χ4v) is 8.53. The number of amides is 3. The fourth-order valence-electron chi connectivity index (χ4n) is 6.30. The monoisotopic (exact) mass is 529 g/mol. The van der Waals surface area contributed by atoms with Crippen molar-refractivity contribution in [3.63, 3.8) is 0 Å². The molecule has 5 rings (SSSR count). The number of hydrogen-bond donors (Lipinski definition) is 1. The maximum absolute atomic E-state index is 14.4. The Morgan fingerprint density at radius 2 is 1.86 bits per heavy atom. The molecule has 4 heterocycles. The summed E-state index contributed by atoms with van der Waals surface area (Å²) in [4.78, 5) is 47.1. The third-order valence-electron chi connectivity index (χ3n) is 7.79. The number of fused-ring (bicyclic) bond motifs is 2. The molecule has 0 saturated carbocycles. The van der Waals surface area contributed by atoms with Crippen LogP contribution in [0.2, 0.25) is 5.02 Å². The molecule has 0 aromatic heterocycles. The number of likely N-dealkylation sites (tertiary alicyclic amines) is 1. The van der Waals surface area contributed by atoms with Crippen LogP contribution in [-0.4, -0.2) is 81.5 Å². The fraction of sp³-hybridized carbons (Fsp3) is 0.519. The summed E-state index contributed by atoms with van der Waals surface area (Å²) in [6.07, 6.45) is 8.46. The second-order valence-corrected chi connectivity index (χ2v) is 12.4. The van der Waals surface area contributed by atoms with Gasteiger partial charge in [0.15, 0.2) is 0 Å². The van der Waals surface area contributed by atoms with E-state index in [0.29, 0.717) is 30.2 Å². The number of carbonyl (C=O) groups excluding carboxylic acids is 3. The molecule has 2 fully saturated rings. The number of nitrogens with zero attached hydrogens (tertiary/aromatic N) is 3. The number of likely N-dealkylation sites (N-methyl/N-ethyl adjacent to an activating group) is 1. The zero-order valence-electron chi connectivity index (χ0n) is 20.7. The quantitative estimate of drug-likeness (QED) is 0.593. The molecule has 0 aliphatic carbocycles. The van der Waals surface area contributed by atoms with Crippen molar-refractivity contribution in [3.05, 3.63) is 53.6 Å². The van der Waals surface area contributed by atoms with Crippen molar-refractivity contribution in [3.8, 4) is 0 Å². The molecule has 4 aliphatic heterocycles. The van der Waals surface area contributed by atoms with Gasteiger partial charge in [-0.3, -0.25) is 14.4 Å². The maximum Gasteiger partial charge on any atom is 0.251 e. The second-order valence-electron chi connectivity index (χ2n) is 10.5. The minimum atomic E-state index is -0.915. The van der Waals surface area contributed by atoms with Crippen LogP contribution in [0.4, 0.5) is 5.69 Å². The Balaban J connectivity index is 1.67. The van der Waals surface area contributed by atoms with E-state index in [1.807, 2.05) is 50.3 Å². The first-order chi connectivity index (χ1) is 17.2. The lowest BCUT2D eigenvalue weighted by Crippen LogP contribution is -2.57. The third-order valence-corrected chi connectivity index (χ3v) is 9.85. The van der Waals surface area contributed by atoms with Gasteiger partial charge < -0.3 is 19.8 Å². The van der Waals surface area contributed by atoms with Gasteiger partial charge in [-0.05, 0) is 24.5 Å². The third kappa shape index (κ3) is 3.80. The van der Waals surface area contributed by atoms with Crippen LogP contribution in [0, 0.1) is 17.8 Å². The number of benzene rings is 1. The number of aliphatic hydroxyl groups is 1. The van der Waals surface area contributed by atoms with Crippen molar-refractivity contribution in [1.29, 1.82) is 0 Å². The predicted octanol–water partition coefficient (Wildman–Crippen LogP) is 2.98. The number of hydrogen-bond acceptors (Lipinski definition) is 5. The molecule has 1 aromatic carbocycles. The van der Waals surface area contributed by atoms with E-state index < -0.39 is 28.7 Å². The zero-order valence-corrected chi connectivity index (χ0v) is 22.3. The molecule has 1 aromatic rings. The van der Waals surface area contributed by atoms with E-state index in [0.717, 1.165) is 0 Å². The lowest BCUT2D eigenvalue weighted by molar-refractivity contribution is -0.144. The van der Waals surface area contributed by atoms with Crippen LogP contribution in [0.1, 0.15) is 20.3 Å². The van der Waals surface area contributed by atoms with Gasteiger partial charge >= 0.3 is 0 Å². The summed E-state index contributed by atoms with van der Waals surface area (Å²) >= 11 is 8.04. The number of anilines is 1. The lowest BCUT2D eigenvalue weighted by Gasteiger charge is -2.39. The first-order valence-corrected chi connectivity index (χ1v) is 13.7. The summed E-state index contributed by atoms with van der Waals surface area (Å²) in [6.45, 7) is 4.62. The molecule has 1 N–H and O–H groups in total. The largest absolute Gasteiger partial charge is 0.394 e. The first kappa shape index (κ1) is 25.4. The summed E-state index contributed by atoms with van der Waals surface area (Å²) in [5.41, 5.74) is 0.582. The molecule has 1 unspecified atom stereocenters. The molecule has 9 heteroatoms. The number of halogens is 1. The molecule has 0 radical (unpaired) electrons. The van der Waals surface area contributed by atoms with Gasteiger partial charge in [-0.15, -0.1) is 11.8 Å². The van der Waals surface area contributed by atoms with Crippen LogP contribution in [0.15, 0.2) is 48.6 Å². The summed E-state index contributed by atoms with van der Waals surface area (Å²) in [7, 11) is 1.75. The summed E-state index contributed by atoms with van der Waals surface area (Å²) in [5.74, 6) is -1.60. The standard InChI is InChI=1S/C27H32ClN3O4S/c1-16(2)14-17(15-32)31-23-26(35)30(19-9-5-4-8-18(19)28)13-7-11-27(23)22(25(31)34)21-20(36-27)10-6-12-29(3)24(21)33/h4-11,16-17,20-23,32H,12-15H2,1-3H3/t17-,20-,21+,22+,23?,27+/m1/s1. The van der Waals surface area contributed by atoms with Gasteiger partial charge in [0, 0.05) is 25.4 Å². The van der Waals surface area contributed by atoms with Crippen LogP contribution in [-0.2, 0) is 14.4 Å². The van der Waals surface area contributed by atoms with E-state index in [-0.39, 0.29) is 35.5 Å². The Morgan fingerprint density at radius 3 is 2.56 bits per heavy atom. The van der Waals surface area contributed by atoms with Crippen molar-refractivity contribution < 1.29 is 19.5 Å². The highest BCUT2D eigenvalue weighted by molar-refractivity contribution is 8.02. The molecule has 2 saturated heterocycles. The molecular weight excluding hydrogens is 498 g/mol. The molecule has 36 heavy (non-hydrogen) atoms. The van der Waals surface area contributed by atoms with Crippen LogP contribution in [0.3, 0.4) is 0 Å². The van der Waals surface area contributed by atoms with E-state index in [1.165, 1.54) is 0 Å². The molecule has 0 bridgehead atoms. The Morgan fingerprint density at radius 1 is 1.11 bits per heavy atom. The van der Waals surface area contributed by atoms with Crippen molar-refractivity contribution in [2.45, 2.75) is 42.3 Å². The topological polar surface area (TPSA) is 81.2 Å². The minimum Gasteiger partial charge on any atom is -0.394 e. The highest BCUT2D eigenvalue weighted by Gasteiger charge is 2.71. The molecule has 7 nitrogen and oxygen atoms in total. The highest BCUT2D eigenvalue weighted by Crippen LogP contribution is 2.61. The van der Waals surface area contributed by atoms with E-state index in [4.69, 9.17) is 11.6 Å². The number of carbonyl (C=O) groups is 3. The van der Waals surface area contributed by atoms with Gasteiger partial charge in [0.1, 0.15) is 6.04 Å². The van der Waals surface area contributed by atoms with Gasteiger partial charge in [0.05, 0.1) is 39.9 Å². The molecule has 6 atom stereocenters. The Bertz CT molecular complexity index is 1140. The van der Waals surface area contributed by atoms with Gasteiger partial charge in [0.2, 0.25) is 11.8 Å². The number of thioether (sulfide) groups is 1. The van der Waals surface area contributed by atoms with Crippen LogP contribution < -0.4 is 4.90 Å². The van der Waals surface area contributed by atoms with Crippen LogP contribution in [0.25, 0.3) is 0 Å². The van der Waals surface area contributed by atoms with Crippen molar-refractivity contribution in [2.75, 3.05) is 31.6 Å². The Kier molecular flexibility index (Phi) is 6.72. The molecular formula is C27H32ClN3O4S. The lowest BCUT2D eigenvalue weighted by atomic mass is 9.78. The smallest absolute Gasteiger partial charge is 0.251 e. The number of aliphatic hydroxyl groups excluding tert-OH is 1. The molecule has 1 spiro atoms. The predicted molar refractivity (Wildman–Crippen MR) is 142 cm³/mol. The van der Waals surface area contributed by atoms with Gasteiger partial charge in [-0.1, -0.05) is 61.9 Å². The normalized spacial score (nSPS) is 32.5. The van der Waals surface area contributed by atoms with E-state index >= 15 is 0 Å². The number of para-hydroxylation sites is 1. The van der Waals surface area contributed by atoms with Gasteiger partial charge in [-0.2, -0.15) is 0 Å². The minimum absolute atomic E-state index is 0.0780.